The minimum Gasteiger partial charge on any atom is -0.496 e. The lowest BCUT2D eigenvalue weighted by atomic mass is 9.77. The van der Waals surface area contributed by atoms with Crippen molar-refractivity contribution in [3.8, 4) is 11.5 Å². The highest BCUT2D eigenvalue weighted by Crippen LogP contribution is 2.35. The van der Waals surface area contributed by atoms with Crippen molar-refractivity contribution >= 4 is 5.97 Å². The number of hydrogen-bond acceptors (Lipinski definition) is 4. The molecule has 0 heterocycles. The zero-order valence-electron chi connectivity index (χ0n) is 17.7. The number of ether oxygens (including phenoxy) is 3. The maximum atomic E-state index is 11.3. The molecule has 0 bridgehead atoms. The summed E-state index contributed by atoms with van der Waals surface area (Å²) in [7, 11) is 1.69. The fourth-order valence-electron chi connectivity index (χ4n) is 3.12. The molecule has 0 fully saturated rings. The number of aryl methyl sites for hydroxylation is 2. The van der Waals surface area contributed by atoms with Crippen LogP contribution in [-0.2, 0) is 14.9 Å². The van der Waals surface area contributed by atoms with Crippen molar-refractivity contribution in [1.29, 1.82) is 0 Å². The van der Waals surface area contributed by atoms with Gasteiger partial charge in [0.25, 0.3) is 0 Å². The second kappa shape index (κ2) is 8.96. The van der Waals surface area contributed by atoms with E-state index < -0.39 is 5.97 Å². The van der Waals surface area contributed by atoms with Gasteiger partial charge in [-0.25, -0.2) is 4.79 Å². The van der Waals surface area contributed by atoms with Crippen LogP contribution in [0.1, 0.15) is 43.0 Å². The first-order valence-corrected chi connectivity index (χ1v) is 9.41. The van der Waals surface area contributed by atoms with Crippen LogP contribution in [0.5, 0.6) is 11.5 Å². The van der Waals surface area contributed by atoms with Gasteiger partial charge in [-0.05, 0) is 55.2 Å². The molecule has 1 unspecified atom stereocenters. The summed E-state index contributed by atoms with van der Waals surface area (Å²) in [5.41, 5.74) is 4.43. The Balaban J connectivity index is 2.17. The van der Waals surface area contributed by atoms with Crippen LogP contribution in [0.15, 0.2) is 49.1 Å². The van der Waals surface area contributed by atoms with Gasteiger partial charge < -0.3 is 14.2 Å². The zero-order valence-corrected chi connectivity index (χ0v) is 17.7. The fourth-order valence-corrected chi connectivity index (χ4v) is 3.12. The van der Waals surface area contributed by atoms with Crippen LogP contribution < -0.4 is 9.47 Å². The molecule has 150 valence electrons. The second-order valence-corrected chi connectivity index (χ2v) is 7.55. The summed E-state index contributed by atoms with van der Waals surface area (Å²) in [4.78, 5) is 11.3. The van der Waals surface area contributed by atoms with E-state index in [1.807, 2.05) is 19.1 Å². The maximum Gasteiger partial charge on any atom is 0.330 e. The van der Waals surface area contributed by atoms with Crippen molar-refractivity contribution < 1.29 is 19.0 Å². The first kappa shape index (κ1) is 21.5. The van der Waals surface area contributed by atoms with Crippen molar-refractivity contribution in [1.82, 2.24) is 0 Å². The molecule has 2 rings (SSSR count). The van der Waals surface area contributed by atoms with E-state index in [-0.39, 0.29) is 11.5 Å². The SMILES string of the molecule is C=CC(=O)OC(C)COc1ccc(C(C)(C)c2ccc(OC)c(C)c2)cc1C. The van der Waals surface area contributed by atoms with E-state index in [4.69, 9.17) is 14.2 Å². The molecule has 28 heavy (non-hydrogen) atoms. The molecule has 2 aromatic carbocycles. The summed E-state index contributed by atoms with van der Waals surface area (Å²) in [6.45, 7) is 14.0. The largest absolute Gasteiger partial charge is 0.496 e. The quantitative estimate of drug-likeness (QED) is 0.469. The van der Waals surface area contributed by atoms with Gasteiger partial charge in [-0.2, -0.15) is 0 Å². The Kier molecular flexibility index (Phi) is 6.90. The third kappa shape index (κ3) is 4.94. The van der Waals surface area contributed by atoms with E-state index in [9.17, 15) is 4.79 Å². The van der Waals surface area contributed by atoms with Gasteiger partial charge in [0.2, 0.25) is 0 Å². The van der Waals surface area contributed by atoms with Gasteiger partial charge in [0.05, 0.1) is 7.11 Å². The number of carbonyl (C=O) groups excluding carboxylic acids is 1. The van der Waals surface area contributed by atoms with Crippen molar-refractivity contribution in [2.24, 2.45) is 0 Å². The van der Waals surface area contributed by atoms with Crippen LogP contribution in [0.4, 0.5) is 0 Å². The molecule has 0 aromatic heterocycles. The van der Waals surface area contributed by atoms with E-state index in [0.29, 0.717) is 6.61 Å². The third-order valence-corrected chi connectivity index (χ3v) is 4.97. The van der Waals surface area contributed by atoms with Gasteiger partial charge in [0, 0.05) is 11.5 Å². The van der Waals surface area contributed by atoms with Crippen LogP contribution in [0.25, 0.3) is 0 Å². The number of hydrogen-bond donors (Lipinski definition) is 0. The number of benzene rings is 2. The molecular weight excluding hydrogens is 352 g/mol. The van der Waals surface area contributed by atoms with Gasteiger partial charge in [-0.1, -0.05) is 44.7 Å². The van der Waals surface area contributed by atoms with E-state index in [1.165, 1.54) is 11.1 Å². The first-order valence-electron chi connectivity index (χ1n) is 9.41. The molecule has 1 atom stereocenters. The fraction of sp³-hybridized carbons (Fsp3) is 0.375. The maximum absolute atomic E-state index is 11.3. The van der Waals surface area contributed by atoms with Crippen molar-refractivity contribution in [3.05, 3.63) is 71.3 Å². The van der Waals surface area contributed by atoms with E-state index in [1.54, 1.807) is 14.0 Å². The van der Waals surface area contributed by atoms with Gasteiger partial charge >= 0.3 is 5.97 Å². The van der Waals surface area contributed by atoms with Gasteiger partial charge in [0.15, 0.2) is 0 Å². The van der Waals surface area contributed by atoms with E-state index in [2.05, 4.69) is 51.6 Å². The van der Waals surface area contributed by atoms with Crippen molar-refractivity contribution in [2.45, 2.75) is 46.1 Å². The molecule has 2 aromatic rings. The summed E-state index contributed by atoms with van der Waals surface area (Å²) in [5, 5.41) is 0. The average molecular weight is 383 g/mol. The summed E-state index contributed by atoms with van der Waals surface area (Å²) < 4.78 is 16.4. The van der Waals surface area contributed by atoms with Gasteiger partial charge in [0.1, 0.15) is 24.2 Å². The lowest BCUT2D eigenvalue weighted by Gasteiger charge is -2.28. The number of rotatable bonds is 8. The summed E-state index contributed by atoms with van der Waals surface area (Å²) in [5.74, 6) is 1.23. The minimum absolute atomic E-state index is 0.160. The molecule has 0 aliphatic rings. The zero-order chi connectivity index (χ0) is 20.9. The Morgan fingerprint density at radius 3 is 2.07 bits per heavy atom. The lowest BCUT2D eigenvalue weighted by Crippen LogP contribution is -2.21. The lowest BCUT2D eigenvalue weighted by molar-refractivity contribution is -0.143. The monoisotopic (exact) mass is 382 g/mol. The van der Waals surface area contributed by atoms with E-state index in [0.717, 1.165) is 28.7 Å². The molecule has 0 N–H and O–H groups in total. The molecule has 4 nitrogen and oxygen atoms in total. The summed E-state index contributed by atoms with van der Waals surface area (Å²) >= 11 is 0. The van der Waals surface area contributed by atoms with E-state index >= 15 is 0 Å². The predicted molar refractivity (Wildman–Crippen MR) is 112 cm³/mol. The molecule has 0 saturated heterocycles. The number of esters is 1. The predicted octanol–water partition coefficient (Wildman–Crippen LogP) is 5.13. The number of carbonyl (C=O) groups is 1. The average Bonchev–Trinajstić information content (AvgIpc) is 2.66. The minimum atomic E-state index is -0.445. The number of methoxy groups -OCH3 is 1. The van der Waals surface area contributed by atoms with Gasteiger partial charge in [-0.15, -0.1) is 0 Å². The highest BCUT2D eigenvalue weighted by Gasteiger charge is 2.24. The molecule has 0 saturated carbocycles. The smallest absolute Gasteiger partial charge is 0.330 e. The Morgan fingerprint density at radius 2 is 1.61 bits per heavy atom. The normalized spacial score (nSPS) is 12.2. The first-order chi connectivity index (χ1) is 13.2. The van der Waals surface area contributed by atoms with Crippen molar-refractivity contribution in [3.63, 3.8) is 0 Å². The summed E-state index contributed by atoms with van der Waals surface area (Å²) in [6, 6.07) is 12.5. The van der Waals surface area contributed by atoms with Crippen LogP contribution in [0.2, 0.25) is 0 Å². The molecule has 4 heteroatoms. The van der Waals surface area contributed by atoms with Crippen LogP contribution in [0, 0.1) is 13.8 Å². The molecule has 0 aliphatic heterocycles. The Morgan fingerprint density at radius 1 is 1.07 bits per heavy atom. The van der Waals surface area contributed by atoms with Crippen LogP contribution in [0.3, 0.4) is 0 Å². The van der Waals surface area contributed by atoms with Crippen LogP contribution in [-0.4, -0.2) is 25.8 Å². The Labute approximate surface area is 168 Å². The Bertz CT molecular complexity index is 852. The third-order valence-electron chi connectivity index (χ3n) is 4.97. The Hall–Kier alpha value is -2.75. The molecule has 0 spiro atoms. The highest BCUT2D eigenvalue weighted by molar-refractivity contribution is 5.81. The summed E-state index contributed by atoms with van der Waals surface area (Å²) in [6.07, 6.45) is 0.808. The second-order valence-electron chi connectivity index (χ2n) is 7.55. The van der Waals surface area contributed by atoms with Crippen LogP contribution >= 0.6 is 0 Å². The van der Waals surface area contributed by atoms with Crippen molar-refractivity contribution in [2.75, 3.05) is 13.7 Å². The topological polar surface area (TPSA) is 44.8 Å². The molecule has 0 amide bonds. The highest BCUT2D eigenvalue weighted by atomic mass is 16.6. The molecule has 0 radical (unpaired) electrons. The standard InChI is InChI=1S/C24H30O4/c1-8-23(25)28-18(4)15-27-22-12-10-20(14-17(22)3)24(5,6)19-9-11-21(26-7)16(2)13-19/h8-14,18H,1,15H2,2-7H3. The molecular formula is C24H30O4. The van der Waals surface area contributed by atoms with Gasteiger partial charge in [-0.3, -0.25) is 0 Å². The molecule has 0 aliphatic carbocycles.